The second kappa shape index (κ2) is 6.23. The molecule has 0 aromatic heterocycles. The fourth-order valence-electron chi connectivity index (χ4n) is 3.03. The molecule has 2 fully saturated rings. The molecule has 4 nitrogen and oxygen atoms in total. The van der Waals surface area contributed by atoms with Crippen molar-refractivity contribution in [2.45, 2.75) is 45.6 Å². The van der Waals surface area contributed by atoms with Gasteiger partial charge in [-0.15, -0.1) is 0 Å². The molecule has 0 aromatic carbocycles. The maximum Gasteiger partial charge on any atom is 0.239 e. The molecule has 2 rings (SSSR count). The monoisotopic (exact) mass is 267 g/mol. The maximum absolute atomic E-state index is 12.2. The summed E-state index contributed by atoms with van der Waals surface area (Å²) < 4.78 is 0. The lowest BCUT2D eigenvalue weighted by molar-refractivity contribution is -0.132. The van der Waals surface area contributed by atoms with Crippen molar-refractivity contribution in [1.29, 1.82) is 0 Å². The predicted octanol–water partition coefficient (Wildman–Crippen LogP) is 1.32. The highest BCUT2D eigenvalue weighted by atomic mass is 16.2. The molecule has 0 radical (unpaired) electrons. The number of piperidine rings is 1. The Hall–Kier alpha value is -0.610. The van der Waals surface area contributed by atoms with Crippen LogP contribution in [0, 0.1) is 5.41 Å². The first kappa shape index (κ1) is 14.8. The van der Waals surface area contributed by atoms with Crippen LogP contribution in [0.5, 0.6) is 0 Å². The Morgan fingerprint density at radius 3 is 2.37 bits per heavy atom. The van der Waals surface area contributed by atoms with E-state index in [1.807, 2.05) is 11.8 Å². The van der Waals surface area contributed by atoms with E-state index in [4.69, 9.17) is 0 Å². The molecule has 1 unspecified atom stereocenters. The Balaban J connectivity index is 1.76. The molecule has 1 atom stereocenters. The van der Waals surface area contributed by atoms with E-state index in [1.54, 1.807) is 0 Å². The Morgan fingerprint density at radius 1 is 1.21 bits per heavy atom. The molecule has 0 bridgehead atoms. The van der Waals surface area contributed by atoms with Gasteiger partial charge < -0.3 is 15.1 Å². The number of amides is 1. The lowest BCUT2D eigenvalue weighted by Crippen LogP contribution is -2.49. The van der Waals surface area contributed by atoms with Gasteiger partial charge in [-0.25, -0.2) is 0 Å². The molecule has 2 aliphatic rings. The van der Waals surface area contributed by atoms with Crippen LogP contribution in [0.3, 0.4) is 0 Å². The molecule has 0 aliphatic carbocycles. The highest BCUT2D eigenvalue weighted by Crippen LogP contribution is 2.29. The summed E-state index contributed by atoms with van der Waals surface area (Å²) in [5, 5.41) is 3.47. The van der Waals surface area contributed by atoms with Gasteiger partial charge in [-0.1, -0.05) is 6.92 Å². The highest BCUT2D eigenvalue weighted by molar-refractivity contribution is 5.81. The zero-order valence-electron chi connectivity index (χ0n) is 12.7. The molecule has 2 aliphatic heterocycles. The number of likely N-dealkylation sites (tertiary alicyclic amines) is 2. The third-order valence-electron chi connectivity index (χ3n) is 4.82. The van der Waals surface area contributed by atoms with E-state index in [2.05, 4.69) is 24.2 Å². The van der Waals surface area contributed by atoms with Gasteiger partial charge in [0.05, 0.1) is 6.04 Å². The van der Waals surface area contributed by atoms with Gasteiger partial charge in [0.25, 0.3) is 0 Å². The number of hydrogen-bond donors (Lipinski definition) is 1. The van der Waals surface area contributed by atoms with Crippen molar-refractivity contribution in [1.82, 2.24) is 15.1 Å². The van der Waals surface area contributed by atoms with E-state index < -0.39 is 0 Å². The van der Waals surface area contributed by atoms with Gasteiger partial charge in [0, 0.05) is 19.6 Å². The largest absolute Gasteiger partial charge is 0.341 e. The summed E-state index contributed by atoms with van der Waals surface area (Å²) in [5.41, 5.74) is 0.353. The van der Waals surface area contributed by atoms with E-state index >= 15 is 0 Å². The zero-order valence-corrected chi connectivity index (χ0v) is 12.7. The van der Waals surface area contributed by atoms with Crippen LogP contribution < -0.4 is 5.32 Å². The predicted molar refractivity (Wildman–Crippen MR) is 78.1 cm³/mol. The summed E-state index contributed by atoms with van der Waals surface area (Å²) in [5.74, 6) is 0.286. The quantitative estimate of drug-likeness (QED) is 0.834. The van der Waals surface area contributed by atoms with Crippen LogP contribution in [0.1, 0.15) is 39.5 Å². The average molecular weight is 267 g/mol. The number of nitrogens with one attached hydrogen (secondary N) is 1. The molecule has 1 amide bonds. The van der Waals surface area contributed by atoms with E-state index in [9.17, 15) is 4.79 Å². The van der Waals surface area contributed by atoms with E-state index in [0.717, 1.165) is 19.6 Å². The first-order valence-electron chi connectivity index (χ1n) is 7.71. The van der Waals surface area contributed by atoms with Gasteiger partial charge in [-0.2, -0.15) is 0 Å². The van der Waals surface area contributed by atoms with Crippen LogP contribution in [0.2, 0.25) is 0 Å². The van der Waals surface area contributed by atoms with Gasteiger partial charge in [0.2, 0.25) is 5.91 Å². The van der Waals surface area contributed by atoms with Crippen molar-refractivity contribution in [2.24, 2.45) is 5.41 Å². The van der Waals surface area contributed by atoms with Crippen LogP contribution >= 0.6 is 0 Å². The number of carbonyl (C=O) groups excluding carboxylic acids is 1. The molecular formula is C15H29N3O. The second-order valence-corrected chi connectivity index (χ2v) is 6.75. The minimum absolute atomic E-state index is 0.0328. The Morgan fingerprint density at radius 2 is 1.79 bits per heavy atom. The number of rotatable bonds is 4. The first-order valence-corrected chi connectivity index (χ1v) is 7.71. The van der Waals surface area contributed by atoms with Crippen molar-refractivity contribution in [3.8, 4) is 0 Å². The summed E-state index contributed by atoms with van der Waals surface area (Å²) in [6.45, 7) is 9.57. The maximum atomic E-state index is 12.2. The Labute approximate surface area is 117 Å². The van der Waals surface area contributed by atoms with Gasteiger partial charge in [-0.3, -0.25) is 4.79 Å². The SMILES string of the molecule is CC(NCC1(C)CCN(C)CC1)C(=O)N1CCCC1. The molecular weight excluding hydrogens is 238 g/mol. The average Bonchev–Trinajstić information content (AvgIpc) is 2.93. The molecule has 110 valence electrons. The van der Waals surface area contributed by atoms with E-state index in [0.29, 0.717) is 5.41 Å². The summed E-state index contributed by atoms with van der Waals surface area (Å²) in [6, 6.07) is -0.0328. The minimum Gasteiger partial charge on any atom is -0.341 e. The van der Waals surface area contributed by atoms with Gasteiger partial charge in [0.1, 0.15) is 0 Å². The molecule has 19 heavy (non-hydrogen) atoms. The fraction of sp³-hybridized carbons (Fsp3) is 0.933. The molecule has 0 spiro atoms. The van der Waals surface area contributed by atoms with Crippen molar-refractivity contribution in [2.75, 3.05) is 39.8 Å². The van der Waals surface area contributed by atoms with Crippen molar-refractivity contribution in [3.63, 3.8) is 0 Å². The summed E-state index contributed by atoms with van der Waals surface area (Å²) in [7, 11) is 2.19. The van der Waals surface area contributed by atoms with E-state index in [-0.39, 0.29) is 11.9 Å². The summed E-state index contributed by atoms with van der Waals surface area (Å²) >= 11 is 0. The molecule has 2 saturated heterocycles. The highest BCUT2D eigenvalue weighted by Gasteiger charge is 2.30. The van der Waals surface area contributed by atoms with Crippen LogP contribution in [-0.2, 0) is 4.79 Å². The summed E-state index contributed by atoms with van der Waals surface area (Å²) in [6.07, 6.45) is 4.78. The summed E-state index contributed by atoms with van der Waals surface area (Å²) in [4.78, 5) is 16.6. The van der Waals surface area contributed by atoms with Gasteiger partial charge >= 0.3 is 0 Å². The molecule has 4 heteroatoms. The number of carbonyl (C=O) groups is 1. The Kier molecular flexibility index (Phi) is 4.85. The minimum atomic E-state index is -0.0328. The molecule has 0 aromatic rings. The lowest BCUT2D eigenvalue weighted by atomic mass is 9.80. The second-order valence-electron chi connectivity index (χ2n) is 6.75. The standard InChI is InChI=1S/C15H29N3O/c1-13(14(19)18-8-4-5-9-18)16-12-15(2)6-10-17(3)11-7-15/h13,16H,4-12H2,1-3H3. The van der Waals surface area contributed by atoms with Crippen molar-refractivity contribution in [3.05, 3.63) is 0 Å². The van der Waals surface area contributed by atoms with Crippen LogP contribution in [0.25, 0.3) is 0 Å². The third kappa shape index (κ3) is 3.93. The van der Waals surface area contributed by atoms with Gasteiger partial charge in [0.15, 0.2) is 0 Å². The van der Waals surface area contributed by atoms with E-state index in [1.165, 1.54) is 38.8 Å². The topological polar surface area (TPSA) is 35.6 Å². The fourth-order valence-corrected chi connectivity index (χ4v) is 3.03. The smallest absolute Gasteiger partial charge is 0.239 e. The molecule has 2 heterocycles. The van der Waals surface area contributed by atoms with Crippen LogP contribution in [0.4, 0.5) is 0 Å². The Bertz CT molecular complexity index is 305. The molecule has 1 N–H and O–H groups in total. The van der Waals surface area contributed by atoms with Crippen molar-refractivity contribution < 1.29 is 4.79 Å². The van der Waals surface area contributed by atoms with Gasteiger partial charge in [-0.05, 0) is 58.2 Å². The number of nitrogens with zero attached hydrogens (tertiary/aromatic N) is 2. The molecule has 0 saturated carbocycles. The van der Waals surface area contributed by atoms with Crippen LogP contribution in [0.15, 0.2) is 0 Å². The third-order valence-corrected chi connectivity index (χ3v) is 4.82. The zero-order chi connectivity index (χ0) is 13.9. The van der Waals surface area contributed by atoms with Crippen LogP contribution in [-0.4, -0.2) is 61.5 Å². The number of hydrogen-bond acceptors (Lipinski definition) is 3. The normalized spacial score (nSPS) is 25.5. The van der Waals surface area contributed by atoms with Crippen molar-refractivity contribution >= 4 is 5.91 Å². The lowest BCUT2D eigenvalue weighted by Gasteiger charge is -2.38. The first-order chi connectivity index (χ1) is 9.00.